The Hall–Kier alpha value is -1.44. The van der Waals surface area contributed by atoms with Crippen molar-refractivity contribution in [2.45, 2.75) is 25.7 Å². The van der Waals surface area contributed by atoms with Crippen molar-refractivity contribution in [2.75, 3.05) is 0 Å². The van der Waals surface area contributed by atoms with Crippen LogP contribution in [0.3, 0.4) is 0 Å². The molecule has 1 fully saturated rings. The average molecular weight is 202 g/mol. The van der Waals surface area contributed by atoms with Gasteiger partial charge in [0.25, 0.3) is 0 Å². The Labute approximate surface area is 89.3 Å². The van der Waals surface area contributed by atoms with Crippen LogP contribution in [0.4, 0.5) is 0 Å². The number of carbonyl (C=O) groups excluding carboxylic acids is 2. The lowest BCUT2D eigenvalue weighted by atomic mass is 9.78. The number of ketones is 2. The Morgan fingerprint density at radius 3 is 2.27 bits per heavy atom. The van der Waals surface area contributed by atoms with E-state index in [0.29, 0.717) is 6.42 Å². The standard InChI is InChI=1S/C13H14O2/c1-9-8-11(14)13(2,12(9)15)10-6-4-3-5-7-10/h3-7,9H,8H2,1-2H3/t9-,13+/m1/s1. The molecular weight excluding hydrogens is 188 g/mol. The molecule has 0 radical (unpaired) electrons. The summed E-state index contributed by atoms with van der Waals surface area (Å²) in [5.74, 6) is -0.0346. The van der Waals surface area contributed by atoms with Crippen molar-refractivity contribution in [2.24, 2.45) is 5.92 Å². The minimum Gasteiger partial charge on any atom is -0.298 e. The second kappa shape index (κ2) is 3.30. The maximum atomic E-state index is 12.0. The molecule has 1 aliphatic carbocycles. The Bertz CT molecular complexity index is 408. The number of hydrogen-bond donors (Lipinski definition) is 0. The van der Waals surface area contributed by atoms with Crippen molar-refractivity contribution >= 4 is 11.6 Å². The summed E-state index contributed by atoms with van der Waals surface area (Å²) >= 11 is 0. The van der Waals surface area contributed by atoms with Crippen LogP contribution in [0, 0.1) is 5.92 Å². The van der Waals surface area contributed by atoms with Gasteiger partial charge in [0.05, 0.1) is 0 Å². The van der Waals surface area contributed by atoms with Crippen molar-refractivity contribution in [1.29, 1.82) is 0 Å². The highest BCUT2D eigenvalue weighted by Crippen LogP contribution is 2.37. The first kappa shape index (κ1) is 10.1. The molecule has 15 heavy (non-hydrogen) atoms. The molecule has 1 aliphatic rings. The third-order valence-corrected chi connectivity index (χ3v) is 3.34. The summed E-state index contributed by atoms with van der Waals surface area (Å²) < 4.78 is 0. The van der Waals surface area contributed by atoms with Crippen LogP contribution in [0.15, 0.2) is 30.3 Å². The fourth-order valence-corrected chi connectivity index (χ4v) is 2.28. The smallest absolute Gasteiger partial charge is 0.153 e. The fraction of sp³-hybridized carbons (Fsp3) is 0.385. The molecule has 2 rings (SSSR count). The lowest BCUT2D eigenvalue weighted by molar-refractivity contribution is -0.129. The highest BCUT2D eigenvalue weighted by molar-refractivity contribution is 6.18. The van der Waals surface area contributed by atoms with Gasteiger partial charge >= 0.3 is 0 Å². The molecule has 2 atom stereocenters. The second-order valence-electron chi connectivity index (χ2n) is 4.38. The number of Topliss-reactive ketones (excluding diaryl/α,β-unsaturated/α-hetero) is 2. The first-order chi connectivity index (χ1) is 7.06. The summed E-state index contributed by atoms with van der Waals surface area (Å²) in [6.07, 6.45) is 0.379. The molecule has 0 amide bonds. The Balaban J connectivity index is 2.51. The number of hydrogen-bond acceptors (Lipinski definition) is 2. The summed E-state index contributed by atoms with van der Waals surface area (Å²) in [4.78, 5) is 23.9. The van der Waals surface area contributed by atoms with Gasteiger partial charge in [-0.1, -0.05) is 37.3 Å². The van der Waals surface area contributed by atoms with E-state index in [0.717, 1.165) is 5.56 Å². The van der Waals surface area contributed by atoms with E-state index in [1.165, 1.54) is 0 Å². The van der Waals surface area contributed by atoms with Gasteiger partial charge in [-0.25, -0.2) is 0 Å². The zero-order valence-corrected chi connectivity index (χ0v) is 8.99. The summed E-state index contributed by atoms with van der Waals surface area (Å²) in [6.45, 7) is 3.57. The van der Waals surface area contributed by atoms with Crippen LogP contribution in [0.1, 0.15) is 25.8 Å². The molecule has 1 aromatic carbocycles. The molecule has 0 spiro atoms. The molecule has 0 aliphatic heterocycles. The van der Waals surface area contributed by atoms with Gasteiger partial charge in [-0.05, 0) is 12.5 Å². The van der Waals surface area contributed by atoms with Crippen LogP contribution >= 0.6 is 0 Å². The zero-order valence-electron chi connectivity index (χ0n) is 8.99. The fourth-order valence-electron chi connectivity index (χ4n) is 2.28. The van der Waals surface area contributed by atoms with Gasteiger partial charge in [0.15, 0.2) is 11.6 Å². The second-order valence-corrected chi connectivity index (χ2v) is 4.38. The van der Waals surface area contributed by atoms with Gasteiger partial charge in [-0.2, -0.15) is 0 Å². The summed E-state index contributed by atoms with van der Waals surface area (Å²) in [7, 11) is 0. The lowest BCUT2D eigenvalue weighted by Crippen LogP contribution is -2.35. The lowest BCUT2D eigenvalue weighted by Gasteiger charge is -2.21. The molecule has 78 valence electrons. The predicted molar refractivity (Wildman–Crippen MR) is 57.6 cm³/mol. The maximum Gasteiger partial charge on any atom is 0.153 e. The minimum absolute atomic E-state index is 0.0474. The highest BCUT2D eigenvalue weighted by Gasteiger charge is 2.50. The van der Waals surface area contributed by atoms with Crippen molar-refractivity contribution in [3.05, 3.63) is 35.9 Å². The molecule has 0 unspecified atom stereocenters. The van der Waals surface area contributed by atoms with Crippen molar-refractivity contribution in [1.82, 2.24) is 0 Å². The number of rotatable bonds is 1. The number of carbonyl (C=O) groups is 2. The van der Waals surface area contributed by atoms with Gasteiger partial charge in [0.1, 0.15) is 5.41 Å². The van der Waals surface area contributed by atoms with Gasteiger partial charge in [0.2, 0.25) is 0 Å². The van der Waals surface area contributed by atoms with E-state index in [2.05, 4.69) is 0 Å². The van der Waals surface area contributed by atoms with Gasteiger partial charge in [-0.15, -0.1) is 0 Å². The van der Waals surface area contributed by atoms with Gasteiger partial charge in [-0.3, -0.25) is 9.59 Å². The summed E-state index contributed by atoms with van der Waals surface area (Å²) in [5, 5.41) is 0. The van der Waals surface area contributed by atoms with Crippen LogP contribution < -0.4 is 0 Å². The third-order valence-electron chi connectivity index (χ3n) is 3.34. The molecule has 0 N–H and O–H groups in total. The van der Waals surface area contributed by atoms with E-state index >= 15 is 0 Å². The van der Waals surface area contributed by atoms with Crippen LogP contribution in [0.2, 0.25) is 0 Å². The largest absolute Gasteiger partial charge is 0.298 e. The molecule has 2 nitrogen and oxygen atoms in total. The van der Waals surface area contributed by atoms with Crippen molar-refractivity contribution < 1.29 is 9.59 Å². The molecule has 2 heteroatoms. The Morgan fingerprint density at radius 1 is 1.20 bits per heavy atom. The average Bonchev–Trinajstić information content (AvgIpc) is 2.45. The van der Waals surface area contributed by atoms with Crippen LogP contribution in [0.5, 0.6) is 0 Å². The molecule has 0 aromatic heterocycles. The summed E-state index contributed by atoms with van der Waals surface area (Å²) in [6, 6.07) is 9.33. The summed E-state index contributed by atoms with van der Waals surface area (Å²) in [5.41, 5.74) is -0.0786. The number of benzene rings is 1. The van der Waals surface area contributed by atoms with Crippen LogP contribution in [0.25, 0.3) is 0 Å². The third kappa shape index (κ3) is 1.32. The topological polar surface area (TPSA) is 34.1 Å². The molecule has 0 heterocycles. The monoisotopic (exact) mass is 202 g/mol. The Morgan fingerprint density at radius 2 is 1.80 bits per heavy atom. The van der Waals surface area contributed by atoms with Crippen LogP contribution in [-0.4, -0.2) is 11.6 Å². The predicted octanol–water partition coefficient (Wildman–Crippen LogP) is 2.12. The van der Waals surface area contributed by atoms with E-state index in [4.69, 9.17) is 0 Å². The molecule has 0 bridgehead atoms. The van der Waals surface area contributed by atoms with E-state index in [1.54, 1.807) is 6.92 Å². The SMILES string of the molecule is C[C@@H]1CC(=O)[C@](C)(c2ccccc2)C1=O. The molecule has 1 saturated carbocycles. The van der Waals surface area contributed by atoms with E-state index < -0.39 is 5.41 Å². The normalized spacial score (nSPS) is 30.9. The quantitative estimate of drug-likeness (QED) is 0.654. The van der Waals surface area contributed by atoms with E-state index in [9.17, 15) is 9.59 Å². The van der Waals surface area contributed by atoms with Gasteiger partial charge in [0, 0.05) is 12.3 Å². The minimum atomic E-state index is -0.902. The first-order valence-electron chi connectivity index (χ1n) is 5.20. The molecular formula is C13H14O2. The Kier molecular flexibility index (Phi) is 2.22. The highest BCUT2D eigenvalue weighted by atomic mass is 16.2. The first-order valence-corrected chi connectivity index (χ1v) is 5.20. The van der Waals surface area contributed by atoms with Gasteiger partial charge < -0.3 is 0 Å². The van der Waals surface area contributed by atoms with E-state index in [-0.39, 0.29) is 17.5 Å². The van der Waals surface area contributed by atoms with Crippen molar-refractivity contribution in [3.63, 3.8) is 0 Å². The zero-order chi connectivity index (χ0) is 11.1. The van der Waals surface area contributed by atoms with Crippen molar-refractivity contribution in [3.8, 4) is 0 Å². The molecule has 0 saturated heterocycles. The van der Waals surface area contributed by atoms with Crippen LogP contribution in [-0.2, 0) is 15.0 Å². The maximum absolute atomic E-state index is 12.0. The van der Waals surface area contributed by atoms with E-state index in [1.807, 2.05) is 37.3 Å². The molecule has 1 aromatic rings.